The molecule has 0 aliphatic heterocycles. The van der Waals surface area contributed by atoms with Gasteiger partial charge in [0.1, 0.15) is 0 Å². The van der Waals surface area contributed by atoms with E-state index in [1.807, 2.05) is 10.9 Å². The quantitative estimate of drug-likeness (QED) is 0.676. The molecule has 0 radical (unpaired) electrons. The van der Waals surface area contributed by atoms with Gasteiger partial charge in [0.15, 0.2) is 0 Å². The first-order valence-corrected chi connectivity index (χ1v) is 4.74. The molecule has 0 aliphatic rings. The van der Waals surface area contributed by atoms with Gasteiger partial charge in [0.25, 0.3) is 0 Å². The van der Waals surface area contributed by atoms with E-state index < -0.39 is 0 Å². The van der Waals surface area contributed by atoms with Crippen LogP contribution in [0, 0.1) is 0 Å². The Kier molecular flexibility index (Phi) is 3.53. The maximum Gasteiger partial charge on any atom is 0.0827 e. The van der Waals surface area contributed by atoms with Gasteiger partial charge in [-0.2, -0.15) is 0 Å². The Hall–Kier alpha value is -0.570. The number of halogens is 1. The summed E-state index contributed by atoms with van der Waals surface area (Å²) in [4.78, 5) is 0. The molecule has 0 atom stereocenters. The van der Waals surface area contributed by atoms with Crippen molar-refractivity contribution in [1.82, 2.24) is 15.0 Å². The van der Waals surface area contributed by atoms with E-state index in [-0.39, 0.29) is 0 Å². The third-order valence-corrected chi connectivity index (χ3v) is 1.92. The summed E-state index contributed by atoms with van der Waals surface area (Å²) in [7, 11) is 0. The van der Waals surface area contributed by atoms with Crippen molar-refractivity contribution in [2.24, 2.45) is 0 Å². The molecule has 0 aromatic carbocycles. The Bertz CT molecular complexity index is 232. The number of rotatable bonds is 4. The summed E-state index contributed by atoms with van der Waals surface area (Å²) < 4.78 is 1.86. The summed E-state index contributed by atoms with van der Waals surface area (Å²) in [6.45, 7) is 4.17. The number of alkyl halides is 1. The minimum atomic E-state index is 0.391. The number of hydrogen-bond acceptors (Lipinski definition) is 2. The molecule has 68 valence electrons. The molecule has 0 saturated carbocycles. The van der Waals surface area contributed by atoms with Crippen LogP contribution in [0.5, 0.6) is 0 Å². The molecule has 4 heteroatoms. The largest absolute Gasteiger partial charge is 0.250 e. The fraction of sp³-hybridized carbons (Fsp3) is 0.750. The van der Waals surface area contributed by atoms with Gasteiger partial charge in [-0.05, 0) is 26.7 Å². The first-order valence-electron chi connectivity index (χ1n) is 4.20. The number of hydrogen-bond donors (Lipinski definition) is 0. The SMILES string of the molecule is CC(C)n1cc(CCCCl)nn1. The molecule has 0 aliphatic carbocycles. The van der Waals surface area contributed by atoms with Crippen molar-refractivity contribution in [3.05, 3.63) is 11.9 Å². The van der Waals surface area contributed by atoms with Crippen LogP contribution in [0.4, 0.5) is 0 Å². The first kappa shape index (κ1) is 9.52. The van der Waals surface area contributed by atoms with E-state index in [1.54, 1.807) is 0 Å². The normalized spacial score (nSPS) is 11.0. The molecule has 0 N–H and O–H groups in total. The van der Waals surface area contributed by atoms with Crippen LogP contribution >= 0.6 is 11.6 Å². The summed E-state index contributed by atoms with van der Waals surface area (Å²) >= 11 is 5.57. The van der Waals surface area contributed by atoms with E-state index in [1.165, 1.54) is 0 Å². The zero-order chi connectivity index (χ0) is 8.97. The Morgan fingerprint density at radius 1 is 1.58 bits per heavy atom. The molecule has 0 saturated heterocycles. The fourth-order valence-corrected chi connectivity index (χ4v) is 1.06. The molecule has 0 amide bonds. The minimum absolute atomic E-state index is 0.391. The van der Waals surface area contributed by atoms with Crippen LogP contribution in [-0.2, 0) is 6.42 Å². The van der Waals surface area contributed by atoms with Crippen molar-refractivity contribution in [2.75, 3.05) is 5.88 Å². The molecule has 3 nitrogen and oxygen atoms in total. The molecule has 0 bridgehead atoms. The molecule has 0 spiro atoms. The molecule has 1 aromatic rings. The second-order valence-corrected chi connectivity index (χ2v) is 3.45. The lowest BCUT2D eigenvalue weighted by molar-refractivity contribution is 0.514. The highest BCUT2D eigenvalue weighted by Gasteiger charge is 2.02. The van der Waals surface area contributed by atoms with Crippen LogP contribution in [0.15, 0.2) is 6.20 Å². The van der Waals surface area contributed by atoms with E-state index in [9.17, 15) is 0 Å². The van der Waals surface area contributed by atoms with Crippen LogP contribution in [0.1, 0.15) is 32.0 Å². The van der Waals surface area contributed by atoms with Gasteiger partial charge < -0.3 is 0 Å². The van der Waals surface area contributed by atoms with Gasteiger partial charge in [-0.1, -0.05) is 5.21 Å². The first-order chi connectivity index (χ1) is 5.74. The third-order valence-electron chi connectivity index (χ3n) is 1.65. The Balaban J connectivity index is 2.52. The Labute approximate surface area is 77.7 Å². The van der Waals surface area contributed by atoms with Crippen molar-refractivity contribution in [3.8, 4) is 0 Å². The molecule has 1 aromatic heterocycles. The van der Waals surface area contributed by atoms with Gasteiger partial charge in [0.05, 0.1) is 5.69 Å². The van der Waals surface area contributed by atoms with E-state index in [0.29, 0.717) is 11.9 Å². The van der Waals surface area contributed by atoms with Gasteiger partial charge in [0, 0.05) is 18.1 Å². The maximum absolute atomic E-state index is 5.57. The molecule has 0 unspecified atom stereocenters. The molecule has 1 rings (SSSR count). The van der Waals surface area contributed by atoms with Gasteiger partial charge in [-0.3, -0.25) is 0 Å². The second-order valence-electron chi connectivity index (χ2n) is 3.08. The van der Waals surface area contributed by atoms with E-state index in [4.69, 9.17) is 11.6 Å². The molecule has 0 fully saturated rings. The number of aryl methyl sites for hydroxylation is 1. The minimum Gasteiger partial charge on any atom is -0.250 e. The van der Waals surface area contributed by atoms with Crippen molar-refractivity contribution in [1.29, 1.82) is 0 Å². The number of nitrogens with zero attached hydrogens (tertiary/aromatic N) is 3. The maximum atomic E-state index is 5.57. The third kappa shape index (κ3) is 2.48. The van der Waals surface area contributed by atoms with Gasteiger partial charge in [0.2, 0.25) is 0 Å². The predicted molar refractivity (Wildman–Crippen MR) is 49.4 cm³/mol. The molecule has 12 heavy (non-hydrogen) atoms. The van der Waals surface area contributed by atoms with Crippen LogP contribution in [0.25, 0.3) is 0 Å². The van der Waals surface area contributed by atoms with Crippen molar-refractivity contribution >= 4 is 11.6 Å². The Morgan fingerprint density at radius 3 is 2.83 bits per heavy atom. The van der Waals surface area contributed by atoms with Crippen molar-refractivity contribution < 1.29 is 0 Å². The second kappa shape index (κ2) is 4.45. The van der Waals surface area contributed by atoms with Crippen LogP contribution in [-0.4, -0.2) is 20.9 Å². The predicted octanol–water partition coefficient (Wildman–Crippen LogP) is 2.03. The van der Waals surface area contributed by atoms with Crippen molar-refractivity contribution in [2.45, 2.75) is 32.7 Å². The smallest absolute Gasteiger partial charge is 0.0827 e. The van der Waals surface area contributed by atoms with Gasteiger partial charge in [-0.25, -0.2) is 4.68 Å². The van der Waals surface area contributed by atoms with E-state index >= 15 is 0 Å². The summed E-state index contributed by atoms with van der Waals surface area (Å²) in [5.41, 5.74) is 1.03. The zero-order valence-electron chi connectivity index (χ0n) is 7.50. The van der Waals surface area contributed by atoms with Crippen LogP contribution < -0.4 is 0 Å². The summed E-state index contributed by atoms with van der Waals surface area (Å²) in [6, 6.07) is 0.391. The van der Waals surface area contributed by atoms with Crippen molar-refractivity contribution in [3.63, 3.8) is 0 Å². The number of aromatic nitrogens is 3. The van der Waals surface area contributed by atoms with E-state index in [0.717, 1.165) is 18.5 Å². The summed E-state index contributed by atoms with van der Waals surface area (Å²) in [6.07, 6.45) is 3.88. The highest BCUT2D eigenvalue weighted by molar-refractivity contribution is 6.17. The highest BCUT2D eigenvalue weighted by atomic mass is 35.5. The topological polar surface area (TPSA) is 30.7 Å². The summed E-state index contributed by atoms with van der Waals surface area (Å²) in [5.74, 6) is 0.689. The molecular weight excluding hydrogens is 174 g/mol. The average molecular weight is 188 g/mol. The standard InChI is InChI=1S/C8H14ClN3/c1-7(2)12-6-8(10-11-12)4-3-5-9/h6-7H,3-5H2,1-2H3. The highest BCUT2D eigenvalue weighted by Crippen LogP contribution is 2.04. The lowest BCUT2D eigenvalue weighted by atomic mass is 10.3. The average Bonchev–Trinajstić information content (AvgIpc) is 2.48. The fourth-order valence-electron chi connectivity index (χ4n) is 0.928. The lowest BCUT2D eigenvalue weighted by Crippen LogP contribution is -2.00. The summed E-state index contributed by atoms with van der Waals surface area (Å²) in [5, 5.41) is 8.02. The zero-order valence-corrected chi connectivity index (χ0v) is 8.25. The lowest BCUT2D eigenvalue weighted by Gasteiger charge is -2.00. The van der Waals surface area contributed by atoms with Crippen LogP contribution in [0.3, 0.4) is 0 Å². The van der Waals surface area contributed by atoms with Crippen LogP contribution in [0.2, 0.25) is 0 Å². The van der Waals surface area contributed by atoms with Gasteiger partial charge >= 0.3 is 0 Å². The molecule has 1 heterocycles. The van der Waals surface area contributed by atoms with E-state index in [2.05, 4.69) is 24.2 Å². The molecular formula is C8H14ClN3. The monoisotopic (exact) mass is 187 g/mol. The Morgan fingerprint density at radius 2 is 2.33 bits per heavy atom. The van der Waals surface area contributed by atoms with Gasteiger partial charge in [-0.15, -0.1) is 16.7 Å².